The van der Waals surface area contributed by atoms with E-state index in [2.05, 4.69) is 22.3 Å². The number of piperidine rings is 1. The van der Waals surface area contributed by atoms with Crippen molar-refractivity contribution in [1.29, 1.82) is 0 Å². The minimum Gasteiger partial charge on any atom is -0.392 e. The summed E-state index contributed by atoms with van der Waals surface area (Å²) in [7, 11) is 0. The molecular formula is C15H22N2O2. The lowest BCUT2D eigenvalue weighted by molar-refractivity contribution is -0.120. The van der Waals surface area contributed by atoms with Crippen LogP contribution in [-0.2, 0) is 17.9 Å². The predicted octanol–water partition coefficient (Wildman–Crippen LogP) is 1.28. The van der Waals surface area contributed by atoms with Crippen LogP contribution in [-0.4, -0.2) is 35.0 Å². The number of aliphatic hydroxyl groups is 1. The summed E-state index contributed by atoms with van der Waals surface area (Å²) in [5.41, 5.74) is 2.19. The lowest BCUT2D eigenvalue weighted by Crippen LogP contribution is -2.46. The average Bonchev–Trinajstić information content (AvgIpc) is 2.39. The van der Waals surface area contributed by atoms with E-state index in [9.17, 15) is 4.79 Å². The van der Waals surface area contributed by atoms with Gasteiger partial charge in [0.15, 0.2) is 0 Å². The Balaban J connectivity index is 1.88. The third-order valence-electron chi connectivity index (χ3n) is 3.52. The van der Waals surface area contributed by atoms with Crippen LogP contribution >= 0.6 is 0 Å². The van der Waals surface area contributed by atoms with E-state index in [1.807, 2.05) is 12.1 Å². The van der Waals surface area contributed by atoms with Crippen LogP contribution in [0.25, 0.3) is 0 Å². The lowest BCUT2D eigenvalue weighted by Gasteiger charge is -2.33. The van der Waals surface area contributed by atoms with E-state index in [-0.39, 0.29) is 18.6 Å². The number of nitrogens with one attached hydrogen (secondary N) is 1. The van der Waals surface area contributed by atoms with Gasteiger partial charge in [-0.05, 0) is 30.5 Å². The van der Waals surface area contributed by atoms with Gasteiger partial charge < -0.3 is 10.4 Å². The van der Waals surface area contributed by atoms with Crippen molar-refractivity contribution < 1.29 is 9.90 Å². The zero-order valence-corrected chi connectivity index (χ0v) is 11.4. The van der Waals surface area contributed by atoms with Crippen molar-refractivity contribution in [2.45, 2.75) is 39.0 Å². The van der Waals surface area contributed by atoms with Crippen LogP contribution in [0.5, 0.6) is 0 Å². The molecule has 19 heavy (non-hydrogen) atoms. The molecule has 104 valence electrons. The van der Waals surface area contributed by atoms with Crippen molar-refractivity contribution in [3.05, 3.63) is 35.4 Å². The monoisotopic (exact) mass is 262 g/mol. The quantitative estimate of drug-likeness (QED) is 0.859. The normalized spacial score (nSPS) is 20.2. The summed E-state index contributed by atoms with van der Waals surface area (Å²) >= 11 is 0. The fraction of sp³-hybridized carbons (Fsp3) is 0.533. The average molecular weight is 262 g/mol. The summed E-state index contributed by atoms with van der Waals surface area (Å²) in [5.74, 6) is 0.0548. The van der Waals surface area contributed by atoms with Crippen LogP contribution in [0.2, 0.25) is 0 Å². The van der Waals surface area contributed by atoms with Crippen molar-refractivity contribution >= 4 is 5.91 Å². The van der Waals surface area contributed by atoms with Gasteiger partial charge in [0.25, 0.3) is 0 Å². The Morgan fingerprint density at radius 3 is 2.68 bits per heavy atom. The number of hydrogen-bond acceptors (Lipinski definition) is 3. The highest BCUT2D eigenvalue weighted by molar-refractivity contribution is 5.73. The molecule has 4 heteroatoms. The summed E-state index contributed by atoms with van der Waals surface area (Å²) in [6.07, 6.45) is 2.19. The predicted molar refractivity (Wildman–Crippen MR) is 74.5 cm³/mol. The second kappa shape index (κ2) is 6.68. The van der Waals surface area contributed by atoms with Gasteiger partial charge in [0.2, 0.25) is 5.91 Å². The third kappa shape index (κ3) is 4.33. The van der Waals surface area contributed by atoms with E-state index in [4.69, 9.17) is 5.11 Å². The largest absolute Gasteiger partial charge is 0.392 e. The van der Waals surface area contributed by atoms with Gasteiger partial charge in [0.1, 0.15) is 0 Å². The van der Waals surface area contributed by atoms with E-state index in [0.29, 0.717) is 0 Å². The van der Waals surface area contributed by atoms with E-state index in [0.717, 1.165) is 38.0 Å². The highest BCUT2D eigenvalue weighted by atomic mass is 16.3. The van der Waals surface area contributed by atoms with Crippen LogP contribution in [0, 0.1) is 0 Å². The van der Waals surface area contributed by atoms with Gasteiger partial charge in [-0.25, -0.2) is 0 Å². The molecule has 1 fully saturated rings. The Morgan fingerprint density at radius 2 is 2.05 bits per heavy atom. The van der Waals surface area contributed by atoms with E-state index >= 15 is 0 Å². The molecular weight excluding hydrogens is 240 g/mol. The molecule has 1 atom stereocenters. The van der Waals surface area contributed by atoms with Crippen LogP contribution in [0.1, 0.15) is 30.9 Å². The molecule has 1 aliphatic heterocycles. The highest BCUT2D eigenvalue weighted by Crippen LogP contribution is 2.14. The number of carbonyl (C=O) groups excluding carboxylic acids is 1. The minimum atomic E-state index is 0.0548. The molecule has 2 rings (SSSR count). The SMILES string of the molecule is CC(=O)NC1CCCN(Cc2ccc(CO)cc2)C1. The fourth-order valence-corrected chi connectivity index (χ4v) is 2.61. The third-order valence-corrected chi connectivity index (χ3v) is 3.52. The zero-order chi connectivity index (χ0) is 13.7. The van der Waals surface area contributed by atoms with Crippen molar-refractivity contribution in [3.63, 3.8) is 0 Å². The van der Waals surface area contributed by atoms with E-state index in [1.54, 1.807) is 6.92 Å². The number of hydrogen-bond donors (Lipinski definition) is 2. The minimum absolute atomic E-state index is 0.0548. The number of benzene rings is 1. The molecule has 2 N–H and O–H groups in total. The first-order valence-electron chi connectivity index (χ1n) is 6.85. The Kier molecular flexibility index (Phi) is 4.93. The Bertz CT molecular complexity index is 417. The highest BCUT2D eigenvalue weighted by Gasteiger charge is 2.20. The molecule has 1 unspecified atom stereocenters. The number of nitrogens with zero attached hydrogens (tertiary/aromatic N) is 1. The van der Waals surface area contributed by atoms with Crippen molar-refractivity contribution in [2.75, 3.05) is 13.1 Å². The maximum Gasteiger partial charge on any atom is 0.217 e. The maximum absolute atomic E-state index is 11.1. The number of amides is 1. The summed E-state index contributed by atoms with van der Waals surface area (Å²) in [6, 6.07) is 8.33. The Labute approximate surface area is 114 Å². The van der Waals surface area contributed by atoms with Gasteiger partial charge in [-0.2, -0.15) is 0 Å². The van der Waals surface area contributed by atoms with Gasteiger partial charge in [0, 0.05) is 26.1 Å². The Hall–Kier alpha value is -1.39. The summed E-state index contributed by atoms with van der Waals surface area (Å²) in [5, 5.41) is 12.0. The van der Waals surface area contributed by atoms with Crippen LogP contribution in [0.15, 0.2) is 24.3 Å². The van der Waals surface area contributed by atoms with Crippen molar-refractivity contribution in [1.82, 2.24) is 10.2 Å². The Morgan fingerprint density at radius 1 is 1.37 bits per heavy atom. The first-order chi connectivity index (χ1) is 9.17. The lowest BCUT2D eigenvalue weighted by atomic mass is 10.0. The molecule has 1 heterocycles. The van der Waals surface area contributed by atoms with Gasteiger partial charge in [-0.15, -0.1) is 0 Å². The summed E-state index contributed by atoms with van der Waals surface area (Å²) in [4.78, 5) is 13.5. The molecule has 4 nitrogen and oxygen atoms in total. The van der Waals surface area contributed by atoms with E-state index in [1.165, 1.54) is 5.56 Å². The van der Waals surface area contributed by atoms with Crippen molar-refractivity contribution in [3.8, 4) is 0 Å². The first kappa shape index (κ1) is 14.0. The van der Waals surface area contributed by atoms with Crippen LogP contribution in [0.4, 0.5) is 0 Å². The number of aliphatic hydroxyl groups excluding tert-OH is 1. The molecule has 1 aromatic carbocycles. The molecule has 0 aromatic heterocycles. The van der Waals surface area contributed by atoms with Crippen molar-refractivity contribution in [2.24, 2.45) is 0 Å². The fourth-order valence-electron chi connectivity index (χ4n) is 2.61. The van der Waals surface area contributed by atoms with Gasteiger partial charge in [-0.3, -0.25) is 9.69 Å². The maximum atomic E-state index is 11.1. The molecule has 0 aliphatic carbocycles. The molecule has 0 bridgehead atoms. The standard InChI is InChI=1S/C15H22N2O2/c1-12(19)16-15-3-2-8-17(10-15)9-13-4-6-14(11-18)7-5-13/h4-7,15,18H,2-3,8-11H2,1H3,(H,16,19). The molecule has 1 aliphatic rings. The molecule has 0 saturated carbocycles. The first-order valence-corrected chi connectivity index (χ1v) is 6.85. The van der Waals surface area contributed by atoms with Gasteiger partial charge in [0.05, 0.1) is 6.61 Å². The summed E-state index contributed by atoms with van der Waals surface area (Å²) < 4.78 is 0. The second-order valence-corrected chi connectivity index (χ2v) is 5.25. The summed E-state index contributed by atoms with van der Waals surface area (Å²) in [6.45, 7) is 4.57. The van der Waals surface area contributed by atoms with Crippen LogP contribution < -0.4 is 5.32 Å². The molecule has 1 saturated heterocycles. The number of likely N-dealkylation sites (tertiary alicyclic amines) is 1. The number of carbonyl (C=O) groups is 1. The van der Waals surface area contributed by atoms with Crippen LogP contribution in [0.3, 0.4) is 0 Å². The topological polar surface area (TPSA) is 52.6 Å². The van der Waals surface area contributed by atoms with Gasteiger partial charge >= 0.3 is 0 Å². The van der Waals surface area contributed by atoms with Gasteiger partial charge in [-0.1, -0.05) is 24.3 Å². The number of rotatable bonds is 4. The molecule has 1 aromatic rings. The molecule has 0 spiro atoms. The zero-order valence-electron chi connectivity index (χ0n) is 11.4. The molecule has 0 radical (unpaired) electrons. The molecule has 1 amide bonds. The second-order valence-electron chi connectivity index (χ2n) is 5.25. The smallest absolute Gasteiger partial charge is 0.217 e. The van der Waals surface area contributed by atoms with E-state index < -0.39 is 0 Å².